The molecule has 3 aromatic rings. The number of nitrogens with zero attached hydrogens (tertiary/aromatic N) is 4. The number of aromatic amines is 1. The van der Waals surface area contributed by atoms with Gasteiger partial charge in [-0.3, -0.25) is 14.3 Å². The summed E-state index contributed by atoms with van der Waals surface area (Å²) < 4.78 is 1.50. The number of aryl methyl sites for hydroxylation is 1. The molecular formula is C15H12ClN7O4. The molecule has 12 heteroatoms. The number of hydrogen-bond donors (Lipinski definition) is 3. The number of anilines is 2. The highest BCUT2D eigenvalue weighted by molar-refractivity contribution is 6.35. The summed E-state index contributed by atoms with van der Waals surface area (Å²) in [7, 11) is 1.69. The normalized spacial score (nSPS) is 10.4. The Morgan fingerprint density at radius 1 is 1.22 bits per heavy atom. The number of rotatable bonds is 5. The molecule has 3 rings (SSSR count). The number of amides is 2. The van der Waals surface area contributed by atoms with E-state index in [-0.39, 0.29) is 11.4 Å². The number of halogens is 1. The minimum absolute atomic E-state index is 0.238. The van der Waals surface area contributed by atoms with E-state index in [1.165, 1.54) is 10.7 Å². The number of carbonyl (C=O) groups is 2. The van der Waals surface area contributed by atoms with Gasteiger partial charge in [0.15, 0.2) is 16.4 Å². The van der Waals surface area contributed by atoms with E-state index in [0.29, 0.717) is 11.4 Å². The summed E-state index contributed by atoms with van der Waals surface area (Å²) in [6.07, 6.45) is 1.64. The predicted molar refractivity (Wildman–Crippen MR) is 95.8 cm³/mol. The number of nitrogens with one attached hydrogen (secondary N) is 3. The predicted octanol–water partition coefficient (Wildman–Crippen LogP) is 2.21. The van der Waals surface area contributed by atoms with Gasteiger partial charge < -0.3 is 20.7 Å². The Morgan fingerprint density at radius 3 is 2.44 bits per heavy atom. The average molecular weight is 390 g/mol. The summed E-state index contributed by atoms with van der Waals surface area (Å²) in [5.74, 6) is -1.72. The Labute approximate surface area is 156 Å². The van der Waals surface area contributed by atoms with E-state index in [1.54, 1.807) is 37.5 Å². The molecule has 2 amide bonds. The van der Waals surface area contributed by atoms with Crippen LogP contribution in [0.4, 0.5) is 17.2 Å². The maximum atomic E-state index is 12.2. The van der Waals surface area contributed by atoms with Crippen molar-refractivity contribution in [3.63, 3.8) is 0 Å². The lowest BCUT2D eigenvalue weighted by molar-refractivity contribution is -0.389. The summed E-state index contributed by atoms with van der Waals surface area (Å²) in [5.41, 5.74) is 0.678. The Morgan fingerprint density at radius 2 is 1.89 bits per heavy atom. The van der Waals surface area contributed by atoms with Crippen LogP contribution in [0.5, 0.6) is 0 Å². The van der Waals surface area contributed by atoms with Crippen molar-refractivity contribution in [3.05, 3.63) is 63.1 Å². The minimum atomic E-state index is -0.778. The topological polar surface area (TPSA) is 148 Å². The van der Waals surface area contributed by atoms with Crippen molar-refractivity contribution < 1.29 is 14.5 Å². The SMILES string of the molecule is Cn1ccc(C(=O)Nc2cccc(NC(=O)c3n[nH]c([N+](=O)[O-])c3Cl)c2)n1. The maximum Gasteiger partial charge on any atom is 0.362 e. The summed E-state index contributed by atoms with van der Waals surface area (Å²) in [6, 6.07) is 7.88. The second-order valence-electron chi connectivity index (χ2n) is 5.36. The number of aromatic nitrogens is 4. The van der Waals surface area contributed by atoms with Crippen LogP contribution in [0.2, 0.25) is 5.02 Å². The van der Waals surface area contributed by atoms with Crippen molar-refractivity contribution in [2.24, 2.45) is 7.05 Å². The van der Waals surface area contributed by atoms with Gasteiger partial charge in [0.05, 0.1) is 0 Å². The fourth-order valence-electron chi connectivity index (χ4n) is 2.19. The van der Waals surface area contributed by atoms with Crippen LogP contribution in [-0.2, 0) is 7.05 Å². The van der Waals surface area contributed by atoms with Crippen LogP contribution in [0.15, 0.2) is 36.5 Å². The van der Waals surface area contributed by atoms with Gasteiger partial charge in [-0.2, -0.15) is 5.10 Å². The van der Waals surface area contributed by atoms with Gasteiger partial charge >= 0.3 is 5.82 Å². The molecule has 2 heterocycles. The third-order valence-electron chi connectivity index (χ3n) is 3.41. The molecule has 0 atom stereocenters. The highest BCUT2D eigenvalue weighted by Crippen LogP contribution is 2.25. The number of benzene rings is 1. The number of hydrogen-bond acceptors (Lipinski definition) is 6. The molecule has 0 bridgehead atoms. The highest BCUT2D eigenvalue weighted by atomic mass is 35.5. The Balaban J connectivity index is 1.73. The quantitative estimate of drug-likeness (QED) is 0.450. The molecule has 0 spiro atoms. The fraction of sp³-hybridized carbons (Fsp3) is 0.0667. The molecule has 27 heavy (non-hydrogen) atoms. The van der Waals surface area contributed by atoms with E-state index in [9.17, 15) is 19.7 Å². The second kappa shape index (κ2) is 7.25. The van der Waals surface area contributed by atoms with Crippen molar-refractivity contribution in [2.75, 3.05) is 10.6 Å². The Hall–Kier alpha value is -3.73. The van der Waals surface area contributed by atoms with E-state index in [1.807, 2.05) is 0 Å². The highest BCUT2D eigenvalue weighted by Gasteiger charge is 2.25. The van der Waals surface area contributed by atoms with Gasteiger partial charge in [0, 0.05) is 24.6 Å². The lowest BCUT2D eigenvalue weighted by Gasteiger charge is -2.07. The van der Waals surface area contributed by atoms with Crippen molar-refractivity contribution >= 4 is 40.6 Å². The zero-order valence-electron chi connectivity index (χ0n) is 13.8. The van der Waals surface area contributed by atoms with E-state index in [0.717, 1.165) is 0 Å². The molecule has 3 N–H and O–H groups in total. The largest absolute Gasteiger partial charge is 0.362 e. The Kier molecular flexibility index (Phi) is 4.86. The molecule has 0 radical (unpaired) electrons. The molecule has 0 fully saturated rings. The van der Waals surface area contributed by atoms with Crippen LogP contribution in [0.3, 0.4) is 0 Å². The van der Waals surface area contributed by atoms with Crippen LogP contribution in [-0.4, -0.2) is 36.7 Å². The molecular weight excluding hydrogens is 378 g/mol. The first-order chi connectivity index (χ1) is 12.8. The van der Waals surface area contributed by atoms with Crippen LogP contribution >= 0.6 is 11.6 Å². The molecule has 0 aliphatic heterocycles. The van der Waals surface area contributed by atoms with Gasteiger partial charge in [-0.25, -0.2) is 0 Å². The summed E-state index contributed by atoms with van der Waals surface area (Å²) in [4.78, 5) is 34.3. The van der Waals surface area contributed by atoms with Crippen LogP contribution in [0, 0.1) is 10.1 Å². The number of carbonyl (C=O) groups excluding carboxylic acids is 2. The molecule has 1 aromatic carbocycles. The molecule has 0 saturated heterocycles. The molecule has 0 aliphatic rings. The van der Waals surface area contributed by atoms with Crippen molar-refractivity contribution in [2.45, 2.75) is 0 Å². The van der Waals surface area contributed by atoms with Crippen molar-refractivity contribution in [3.8, 4) is 0 Å². The second-order valence-corrected chi connectivity index (χ2v) is 5.73. The van der Waals surface area contributed by atoms with E-state index < -0.39 is 27.6 Å². The van der Waals surface area contributed by atoms with Crippen LogP contribution in [0.1, 0.15) is 21.0 Å². The first kappa shape index (κ1) is 18.1. The molecule has 2 aromatic heterocycles. The third kappa shape index (κ3) is 3.93. The van der Waals surface area contributed by atoms with Crippen molar-refractivity contribution in [1.29, 1.82) is 0 Å². The average Bonchev–Trinajstić information content (AvgIpc) is 3.21. The third-order valence-corrected chi connectivity index (χ3v) is 3.77. The monoisotopic (exact) mass is 389 g/mol. The van der Waals surface area contributed by atoms with Crippen LogP contribution in [0.25, 0.3) is 0 Å². The zero-order valence-corrected chi connectivity index (χ0v) is 14.5. The Bertz CT molecular complexity index is 1040. The first-order valence-electron chi connectivity index (χ1n) is 7.46. The van der Waals surface area contributed by atoms with Gasteiger partial charge in [-0.15, -0.1) is 5.10 Å². The molecule has 0 saturated carbocycles. The molecule has 138 valence electrons. The fourth-order valence-corrected chi connectivity index (χ4v) is 2.43. The lowest BCUT2D eigenvalue weighted by atomic mass is 10.2. The lowest BCUT2D eigenvalue weighted by Crippen LogP contribution is -2.15. The molecule has 0 unspecified atom stereocenters. The first-order valence-corrected chi connectivity index (χ1v) is 7.83. The smallest absolute Gasteiger partial charge is 0.358 e. The maximum absolute atomic E-state index is 12.2. The summed E-state index contributed by atoms with van der Waals surface area (Å²) >= 11 is 5.79. The van der Waals surface area contributed by atoms with E-state index >= 15 is 0 Å². The van der Waals surface area contributed by atoms with E-state index in [4.69, 9.17) is 11.6 Å². The van der Waals surface area contributed by atoms with Gasteiger partial charge in [0.25, 0.3) is 11.8 Å². The van der Waals surface area contributed by atoms with Gasteiger partial charge in [0.1, 0.15) is 0 Å². The van der Waals surface area contributed by atoms with Gasteiger partial charge in [-0.05, 0) is 29.2 Å². The molecule has 11 nitrogen and oxygen atoms in total. The summed E-state index contributed by atoms with van der Waals surface area (Å²) in [5, 5.41) is 25.2. The number of nitro groups is 1. The van der Waals surface area contributed by atoms with Gasteiger partial charge in [-0.1, -0.05) is 22.8 Å². The van der Waals surface area contributed by atoms with Crippen LogP contribution < -0.4 is 10.6 Å². The summed E-state index contributed by atoms with van der Waals surface area (Å²) in [6.45, 7) is 0. The standard InChI is InChI=1S/C15H12ClN7O4/c1-22-6-5-10(21-22)14(24)17-8-3-2-4-9(7-8)18-15(25)12-11(16)13(20-19-12)23(26)27/h2-7H,1H3,(H,17,24)(H,18,25)(H,19,20). The van der Waals surface area contributed by atoms with E-state index in [2.05, 4.69) is 25.9 Å². The zero-order chi connectivity index (χ0) is 19.6. The molecule has 0 aliphatic carbocycles. The van der Waals surface area contributed by atoms with Crippen molar-refractivity contribution in [1.82, 2.24) is 20.0 Å². The van der Waals surface area contributed by atoms with Gasteiger partial charge in [0.2, 0.25) is 0 Å². The number of H-pyrrole nitrogens is 1. The minimum Gasteiger partial charge on any atom is -0.358 e.